The minimum atomic E-state index is -4.56. The molecule has 1 aliphatic heterocycles. The Morgan fingerprint density at radius 2 is 1.95 bits per heavy atom. The van der Waals surface area contributed by atoms with E-state index in [9.17, 15) is 26.7 Å². The lowest BCUT2D eigenvalue weighted by molar-refractivity contribution is -0.161. The number of benzene rings is 1. The van der Waals surface area contributed by atoms with Crippen LogP contribution >= 0.6 is 0 Å². The van der Waals surface area contributed by atoms with Crippen molar-refractivity contribution in [1.82, 2.24) is 10.2 Å². The van der Waals surface area contributed by atoms with Gasteiger partial charge in [-0.25, -0.2) is 8.78 Å². The van der Waals surface area contributed by atoms with Crippen molar-refractivity contribution in [3.05, 3.63) is 35.4 Å². The van der Waals surface area contributed by atoms with Crippen molar-refractivity contribution in [2.24, 2.45) is 0 Å². The van der Waals surface area contributed by atoms with Crippen molar-refractivity contribution < 1.29 is 26.7 Å². The van der Waals surface area contributed by atoms with Crippen LogP contribution in [0.15, 0.2) is 18.2 Å². The minimum Gasteiger partial charge on any atom is -0.313 e. The summed E-state index contributed by atoms with van der Waals surface area (Å²) in [6, 6.07) is 2.72. The van der Waals surface area contributed by atoms with Gasteiger partial charge in [0.15, 0.2) is 11.6 Å². The fraction of sp³-hybridized carbons (Fsp3) is 0.364. The van der Waals surface area contributed by atoms with Crippen molar-refractivity contribution in [1.29, 1.82) is 0 Å². The minimum absolute atomic E-state index is 0.0639. The lowest BCUT2D eigenvalue weighted by Gasteiger charge is -2.25. The Balaban J connectivity index is 2.27. The molecule has 1 N–H and O–H groups in total. The zero-order valence-corrected chi connectivity index (χ0v) is 9.47. The highest BCUT2D eigenvalue weighted by Crippen LogP contribution is 2.27. The molecule has 1 aromatic carbocycles. The highest BCUT2D eigenvalue weighted by atomic mass is 19.4. The molecule has 0 saturated carbocycles. The summed E-state index contributed by atoms with van der Waals surface area (Å²) in [5.74, 6) is -3.02. The van der Waals surface area contributed by atoms with E-state index in [4.69, 9.17) is 0 Å². The Kier molecular flexibility index (Phi) is 3.44. The molecule has 1 saturated heterocycles. The van der Waals surface area contributed by atoms with Gasteiger partial charge in [0.1, 0.15) is 12.7 Å². The average molecular weight is 280 g/mol. The molecule has 1 aliphatic rings. The van der Waals surface area contributed by atoms with Crippen molar-refractivity contribution in [2.45, 2.75) is 12.3 Å². The lowest BCUT2D eigenvalue weighted by atomic mass is 10.1. The molecule has 1 unspecified atom stereocenters. The molecule has 0 radical (unpaired) electrons. The maximum absolute atomic E-state index is 13.1. The van der Waals surface area contributed by atoms with Gasteiger partial charge in [-0.2, -0.15) is 13.2 Å². The van der Waals surface area contributed by atoms with Crippen LogP contribution in [-0.2, 0) is 4.79 Å². The maximum atomic E-state index is 13.1. The van der Waals surface area contributed by atoms with E-state index in [1.165, 1.54) is 0 Å². The number of halogens is 5. The first-order valence-electron chi connectivity index (χ1n) is 5.32. The van der Waals surface area contributed by atoms with Gasteiger partial charge in [-0.3, -0.25) is 10.1 Å². The summed E-state index contributed by atoms with van der Waals surface area (Å²) in [6.45, 7) is -1.72. The zero-order chi connectivity index (χ0) is 14.2. The van der Waals surface area contributed by atoms with Gasteiger partial charge in [0, 0.05) is 0 Å². The number of nitrogens with one attached hydrogen (secondary N) is 1. The maximum Gasteiger partial charge on any atom is 0.406 e. The van der Waals surface area contributed by atoms with Crippen LogP contribution in [0.3, 0.4) is 0 Å². The van der Waals surface area contributed by atoms with Crippen molar-refractivity contribution in [3.63, 3.8) is 0 Å². The summed E-state index contributed by atoms with van der Waals surface area (Å²) in [5.41, 5.74) is 0.0639. The molecule has 0 bridgehead atoms. The third-order valence-corrected chi connectivity index (χ3v) is 2.69. The number of nitrogens with zero attached hydrogens (tertiary/aromatic N) is 1. The lowest BCUT2D eigenvalue weighted by Crippen LogP contribution is -2.38. The van der Waals surface area contributed by atoms with Crippen molar-refractivity contribution >= 4 is 5.91 Å². The predicted molar refractivity (Wildman–Crippen MR) is 54.9 cm³/mol. The topological polar surface area (TPSA) is 32.3 Å². The molecule has 3 nitrogen and oxygen atoms in total. The second-order valence-corrected chi connectivity index (χ2v) is 4.09. The fourth-order valence-corrected chi connectivity index (χ4v) is 1.89. The van der Waals surface area contributed by atoms with E-state index in [0.717, 1.165) is 18.2 Å². The smallest absolute Gasteiger partial charge is 0.313 e. The first-order valence-corrected chi connectivity index (χ1v) is 5.32. The molecule has 1 heterocycles. The molecule has 104 valence electrons. The Morgan fingerprint density at radius 3 is 2.53 bits per heavy atom. The highest BCUT2D eigenvalue weighted by molar-refractivity contribution is 5.81. The molecule has 1 amide bonds. The number of hydrogen-bond acceptors (Lipinski definition) is 2. The van der Waals surface area contributed by atoms with Gasteiger partial charge in [-0.05, 0) is 17.7 Å². The van der Waals surface area contributed by atoms with Crippen molar-refractivity contribution in [2.75, 3.05) is 13.1 Å². The number of hydrogen-bond donors (Lipinski definition) is 1. The highest BCUT2D eigenvalue weighted by Gasteiger charge is 2.40. The molecule has 0 spiro atoms. The molecule has 0 aliphatic carbocycles. The van der Waals surface area contributed by atoms with E-state index in [1.54, 1.807) is 0 Å². The van der Waals surface area contributed by atoms with E-state index in [-0.39, 0.29) is 12.1 Å². The summed E-state index contributed by atoms with van der Waals surface area (Å²) in [5, 5.41) is 2.53. The van der Waals surface area contributed by atoms with E-state index in [1.807, 2.05) is 0 Å². The van der Waals surface area contributed by atoms with Crippen LogP contribution in [-0.4, -0.2) is 30.1 Å². The van der Waals surface area contributed by atoms with Crippen molar-refractivity contribution in [3.8, 4) is 0 Å². The molecule has 1 aromatic rings. The molecule has 19 heavy (non-hydrogen) atoms. The number of carbonyl (C=O) groups excluding carboxylic acids is 1. The fourth-order valence-electron chi connectivity index (χ4n) is 1.89. The Hall–Kier alpha value is -1.70. The molecule has 1 fully saturated rings. The molecular formula is C11H9F5N2O. The second kappa shape index (κ2) is 4.76. The summed E-state index contributed by atoms with van der Waals surface area (Å²) in [6.07, 6.45) is -5.66. The van der Waals surface area contributed by atoms with Crippen LogP contribution in [0.2, 0.25) is 0 Å². The van der Waals surface area contributed by atoms with Crippen LogP contribution in [0.25, 0.3) is 0 Å². The van der Waals surface area contributed by atoms with Gasteiger partial charge in [0.2, 0.25) is 5.91 Å². The number of carbonyl (C=O) groups is 1. The summed E-state index contributed by atoms with van der Waals surface area (Å²) in [4.78, 5) is 11.9. The van der Waals surface area contributed by atoms with Gasteiger partial charge in [-0.15, -0.1) is 0 Å². The quantitative estimate of drug-likeness (QED) is 0.840. The van der Waals surface area contributed by atoms with Crippen LogP contribution in [0.4, 0.5) is 22.0 Å². The molecular weight excluding hydrogens is 271 g/mol. The first kappa shape index (κ1) is 13.7. The van der Waals surface area contributed by atoms with Gasteiger partial charge in [-0.1, -0.05) is 6.07 Å². The average Bonchev–Trinajstić information content (AvgIpc) is 2.63. The number of rotatable bonds is 2. The molecule has 8 heteroatoms. The second-order valence-electron chi connectivity index (χ2n) is 4.09. The van der Waals surface area contributed by atoms with Gasteiger partial charge < -0.3 is 4.90 Å². The summed E-state index contributed by atoms with van der Waals surface area (Å²) < 4.78 is 62.9. The SMILES string of the molecule is O=C1CNC(c2ccc(F)c(F)c2)N1CC(F)(F)F. The molecule has 2 rings (SSSR count). The number of alkyl halides is 3. The zero-order valence-electron chi connectivity index (χ0n) is 9.47. The normalized spacial score (nSPS) is 20.2. The Morgan fingerprint density at radius 1 is 1.26 bits per heavy atom. The van der Waals surface area contributed by atoms with E-state index < -0.39 is 36.4 Å². The van der Waals surface area contributed by atoms with Gasteiger partial charge in [0.05, 0.1) is 6.54 Å². The largest absolute Gasteiger partial charge is 0.406 e. The standard InChI is InChI=1S/C11H9F5N2O/c12-7-2-1-6(3-8(7)13)10-17-4-9(19)18(10)5-11(14,15)16/h1-3,10,17H,4-5H2. The van der Waals surface area contributed by atoms with Gasteiger partial charge in [0.25, 0.3) is 0 Å². The summed E-state index contributed by atoms with van der Waals surface area (Å²) in [7, 11) is 0. The first-order chi connectivity index (χ1) is 8.78. The summed E-state index contributed by atoms with van der Waals surface area (Å²) >= 11 is 0. The predicted octanol–water partition coefficient (Wildman–Crippen LogP) is 1.96. The molecule has 0 aromatic heterocycles. The van der Waals surface area contributed by atoms with E-state index >= 15 is 0 Å². The van der Waals surface area contributed by atoms with E-state index in [2.05, 4.69) is 5.32 Å². The third kappa shape index (κ3) is 3.01. The van der Waals surface area contributed by atoms with Gasteiger partial charge >= 0.3 is 6.18 Å². The molecule has 1 atom stereocenters. The van der Waals surface area contributed by atoms with Crippen LogP contribution in [0.1, 0.15) is 11.7 Å². The van der Waals surface area contributed by atoms with Crippen LogP contribution in [0.5, 0.6) is 0 Å². The van der Waals surface area contributed by atoms with Crippen LogP contribution < -0.4 is 5.32 Å². The Labute approximate surface area is 105 Å². The third-order valence-electron chi connectivity index (χ3n) is 2.69. The van der Waals surface area contributed by atoms with Crippen LogP contribution in [0, 0.1) is 11.6 Å². The van der Waals surface area contributed by atoms with E-state index in [0.29, 0.717) is 4.90 Å². The number of amides is 1. The monoisotopic (exact) mass is 280 g/mol. The Bertz CT molecular complexity index is 502.